The first-order valence-corrected chi connectivity index (χ1v) is 10.8. The molecule has 2 aliphatic rings. The fourth-order valence-electron chi connectivity index (χ4n) is 4.49. The number of rotatable bonds is 4. The number of halogens is 3. The van der Waals surface area contributed by atoms with E-state index in [9.17, 15) is 22.8 Å². The first-order valence-electron chi connectivity index (χ1n) is 10.8. The summed E-state index contributed by atoms with van der Waals surface area (Å²) in [4.78, 5) is 30.4. The lowest BCUT2D eigenvalue weighted by Crippen LogP contribution is -2.48. The minimum absolute atomic E-state index is 0.0474. The molecule has 8 heteroatoms. The molecule has 0 aliphatic carbocycles. The zero-order chi connectivity index (χ0) is 22.9. The number of para-hydroxylation sites is 1. The van der Waals surface area contributed by atoms with Gasteiger partial charge in [0.05, 0.1) is 5.56 Å². The molecule has 1 unspecified atom stereocenters. The Morgan fingerprint density at radius 2 is 1.78 bits per heavy atom. The van der Waals surface area contributed by atoms with Gasteiger partial charge in [0, 0.05) is 56.1 Å². The monoisotopic (exact) mass is 445 g/mol. The summed E-state index contributed by atoms with van der Waals surface area (Å²) in [5, 5.41) is 0. The Morgan fingerprint density at radius 3 is 2.44 bits per heavy atom. The molecule has 0 bridgehead atoms. The Hall–Kier alpha value is -3.03. The van der Waals surface area contributed by atoms with E-state index in [0.29, 0.717) is 25.9 Å². The highest BCUT2D eigenvalue weighted by Crippen LogP contribution is 2.35. The van der Waals surface area contributed by atoms with Crippen LogP contribution in [-0.2, 0) is 11.0 Å². The Balaban J connectivity index is 1.59. The average Bonchev–Trinajstić information content (AvgIpc) is 3.23. The zero-order valence-electron chi connectivity index (χ0n) is 17.9. The highest BCUT2D eigenvalue weighted by Gasteiger charge is 2.35. The molecule has 2 aromatic carbocycles. The topological polar surface area (TPSA) is 43.9 Å². The van der Waals surface area contributed by atoms with Gasteiger partial charge in [-0.25, -0.2) is 0 Å². The van der Waals surface area contributed by atoms with E-state index in [1.165, 1.54) is 11.0 Å². The molecule has 0 N–H and O–H groups in total. The highest BCUT2D eigenvalue weighted by atomic mass is 19.4. The van der Waals surface area contributed by atoms with Crippen LogP contribution >= 0.6 is 0 Å². The van der Waals surface area contributed by atoms with E-state index >= 15 is 0 Å². The second kappa shape index (κ2) is 8.84. The third-order valence-corrected chi connectivity index (χ3v) is 6.26. The SMILES string of the molecule is CN(C(=O)c1cc(N2CCCC2=O)cc(C(F)(F)F)c1)C1CCCN(c2ccccc2)C1. The van der Waals surface area contributed by atoms with Crippen LogP contribution in [0, 0.1) is 0 Å². The van der Waals surface area contributed by atoms with Crippen LogP contribution in [-0.4, -0.2) is 49.4 Å². The molecule has 1 atom stereocenters. The summed E-state index contributed by atoms with van der Waals surface area (Å²) in [6.45, 7) is 1.84. The summed E-state index contributed by atoms with van der Waals surface area (Å²) in [7, 11) is 1.64. The largest absolute Gasteiger partial charge is 0.416 e. The number of hydrogen-bond acceptors (Lipinski definition) is 3. The molecule has 2 fully saturated rings. The van der Waals surface area contributed by atoms with Crippen molar-refractivity contribution in [3.8, 4) is 0 Å². The molecule has 2 aromatic rings. The van der Waals surface area contributed by atoms with Gasteiger partial charge in [0.1, 0.15) is 0 Å². The van der Waals surface area contributed by atoms with Gasteiger partial charge in [-0.05, 0) is 49.6 Å². The van der Waals surface area contributed by atoms with E-state index in [-0.39, 0.29) is 23.2 Å². The van der Waals surface area contributed by atoms with Gasteiger partial charge in [-0.3, -0.25) is 9.59 Å². The molecule has 2 aliphatic heterocycles. The van der Waals surface area contributed by atoms with Gasteiger partial charge in [-0.1, -0.05) is 18.2 Å². The highest BCUT2D eigenvalue weighted by molar-refractivity contribution is 5.99. The van der Waals surface area contributed by atoms with E-state index in [1.54, 1.807) is 11.9 Å². The van der Waals surface area contributed by atoms with Gasteiger partial charge in [0.2, 0.25) is 5.91 Å². The van der Waals surface area contributed by atoms with Crippen molar-refractivity contribution in [2.24, 2.45) is 0 Å². The summed E-state index contributed by atoms with van der Waals surface area (Å²) in [5.74, 6) is -0.689. The molecule has 32 heavy (non-hydrogen) atoms. The number of nitrogens with zero attached hydrogens (tertiary/aromatic N) is 3. The molecule has 5 nitrogen and oxygen atoms in total. The number of alkyl halides is 3. The first kappa shape index (κ1) is 22.2. The number of anilines is 2. The van der Waals surface area contributed by atoms with Crippen molar-refractivity contribution in [3.05, 3.63) is 59.7 Å². The van der Waals surface area contributed by atoms with Crippen molar-refractivity contribution in [2.45, 2.75) is 37.9 Å². The van der Waals surface area contributed by atoms with Crippen LogP contribution in [0.2, 0.25) is 0 Å². The summed E-state index contributed by atoms with van der Waals surface area (Å²) in [6.07, 6.45) is -2.05. The maximum Gasteiger partial charge on any atom is 0.416 e. The predicted octanol–water partition coefficient (Wildman–Crippen LogP) is 4.57. The first-order chi connectivity index (χ1) is 15.2. The predicted molar refractivity (Wildman–Crippen MR) is 117 cm³/mol. The van der Waals surface area contributed by atoms with Crippen molar-refractivity contribution < 1.29 is 22.8 Å². The van der Waals surface area contributed by atoms with Gasteiger partial charge in [0.15, 0.2) is 0 Å². The number of likely N-dealkylation sites (N-methyl/N-ethyl adjacent to an activating group) is 1. The Labute approximate surface area is 185 Å². The van der Waals surface area contributed by atoms with E-state index in [1.807, 2.05) is 30.3 Å². The third kappa shape index (κ3) is 4.59. The van der Waals surface area contributed by atoms with Gasteiger partial charge in [-0.2, -0.15) is 13.2 Å². The third-order valence-electron chi connectivity index (χ3n) is 6.26. The van der Waals surface area contributed by atoms with Crippen LogP contribution in [0.4, 0.5) is 24.5 Å². The fourth-order valence-corrected chi connectivity index (χ4v) is 4.49. The van der Waals surface area contributed by atoms with Crippen molar-refractivity contribution in [1.29, 1.82) is 0 Å². The normalized spacial score (nSPS) is 19.4. The number of hydrogen-bond donors (Lipinski definition) is 0. The van der Waals surface area contributed by atoms with Gasteiger partial charge < -0.3 is 14.7 Å². The molecule has 0 radical (unpaired) electrons. The minimum atomic E-state index is -4.61. The quantitative estimate of drug-likeness (QED) is 0.692. The molecule has 2 amide bonds. The summed E-state index contributed by atoms with van der Waals surface area (Å²) in [5.41, 5.74) is 0.232. The Morgan fingerprint density at radius 1 is 1.03 bits per heavy atom. The summed E-state index contributed by atoms with van der Waals surface area (Å²) < 4.78 is 40.7. The standard InChI is InChI=1S/C24H26F3N3O2/c1-28(20-9-5-11-29(16-20)19-7-3-2-4-8-19)23(32)17-13-18(24(25,26)27)15-21(14-17)30-12-6-10-22(30)31/h2-4,7-8,13-15,20H,5-6,9-12,16H2,1H3. The number of carbonyl (C=O) groups excluding carboxylic acids is 2. The van der Waals surface area contributed by atoms with E-state index < -0.39 is 17.6 Å². The van der Waals surface area contributed by atoms with Gasteiger partial charge >= 0.3 is 6.18 Å². The van der Waals surface area contributed by atoms with Crippen LogP contribution in [0.1, 0.15) is 41.6 Å². The van der Waals surface area contributed by atoms with Gasteiger partial charge in [0.25, 0.3) is 5.91 Å². The maximum atomic E-state index is 13.6. The Kier molecular flexibility index (Phi) is 6.13. The van der Waals surface area contributed by atoms with Gasteiger partial charge in [-0.15, -0.1) is 0 Å². The molecule has 4 rings (SSSR count). The zero-order valence-corrected chi connectivity index (χ0v) is 17.9. The molecular formula is C24H26F3N3O2. The molecule has 0 aromatic heterocycles. The number of amides is 2. The van der Waals surface area contributed by atoms with Crippen LogP contribution < -0.4 is 9.80 Å². The van der Waals surface area contributed by atoms with Crippen molar-refractivity contribution in [3.63, 3.8) is 0 Å². The van der Waals surface area contributed by atoms with Crippen molar-refractivity contribution >= 4 is 23.2 Å². The minimum Gasteiger partial charge on any atom is -0.369 e. The average molecular weight is 445 g/mol. The maximum absolute atomic E-state index is 13.6. The number of piperidine rings is 1. The lowest BCUT2D eigenvalue weighted by molar-refractivity contribution is -0.137. The van der Waals surface area contributed by atoms with Crippen LogP contribution in [0.25, 0.3) is 0 Å². The second-order valence-electron chi connectivity index (χ2n) is 8.41. The fraction of sp³-hybridized carbons (Fsp3) is 0.417. The van der Waals surface area contributed by atoms with E-state index in [2.05, 4.69) is 4.90 Å². The molecular weight excluding hydrogens is 419 g/mol. The molecule has 0 saturated carbocycles. The lowest BCUT2D eigenvalue weighted by Gasteiger charge is -2.39. The van der Waals surface area contributed by atoms with Crippen LogP contribution in [0.15, 0.2) is 48.5 Å². The van der Waals surface area contributed by atoms with Crippen molar-refractivity contribution in [2.75, 3.05) is 36.5 Å². The molecule has 170 valence electrons. The summed E-state index contributed by atoms with van der Waals surface area (Å²) in [6, 6.07) is 13.0. The Bertz CT molecular complexity index is 994. The summed E-state index contributed by atoms with van der Waals surface area (Å²) >= 11 is 0. The lowest BCUT2D eigenvalue weighted by atomic mass is 10.0. The van der Waals surface area contributed by atoms with Crippen LogP contribution in [0.5, 0.6) is 0 Å². The van der Waals surface area contributed by atoms with Crippen molar-refractivity contribution in [1.82, 2.24) is 4.90 Å². The number of benzene rings is 2. The molecule has 2 heterocycles. The van der Waals surface area contributed by atoms with Crippen LogP contribution in [0.3, 0.4) is 0 Å². The second-order valence-corrected chi connectivity index (χ2v) is 8.41. The smallest absolute Gasteiger partial charge is 0.369 e. The molecule has 0 spiro atoms. The molecule has 2 saturated heterocycles. The number of carbonyl (C=O) groups is 2. The van der Waals surface area contributed by atoms with E-state index in [4.69, 9.17) is 0 Å². The van der Waals surface area contributed by atoms with E-state index in [0.717, 1.165) is 37.2 Å².